The van der Waals surface area contributed by atoms with E-state index in [-0.39, 0.29) is 37.3 Å². The smallest absolute Gasteiger partial charge is 0.266 e. The molecule has 1 fully saturated rings. The maximum Gasteiger partial charge on any atom is 0.266 e. The molecule has 1 saturated heterocycles. The highest BCUT2D eigenvalue weighted by Crippen LogP contribution is 2.36. The second-order valence-electron chi connectivity index (χ2n) is 6.29. The van der Waals surface area contributed by atoms with E-state index in [0.29, 0.717) is 26.4 Å². The number of carbonyl (C=O) groups is 2. The number of thiocarbonyl (C=S) groups is 1. The Morgan fingerprint density at radius 2 is 2.07 bits per heavy atom. The number of anilines is 1. The van der Waals surface area contributed by atoms with Crippen LogP contribution in [0.2, 0.25) is 0 Å². The molecule has 29 heavy (non-hydrogen) atoms. The van der Waals surface area contributed by atoms with E-state index in [1.807, 2.05) is 6.07 Å². The molecule has 0 spiro atoms. The van der Waals surface area contributed by atoms with Crippen molar-refractivity contribution >= 4 is 51.9 Å². The van der Waals surface area contributed by atoms with Gasteiger partial charge in [0.2, 0.25) is 12.7 Å². The number of nitrogens with zero attached hydrogens (tertiary/aromatic N) is 1. The molecule has 2 heterocycles. The lowest BCUT2D eigenvalue weighted by Gasteiger charge is -2.14. The zero-order chi connectivity index (χ0) is 20.4. The molecule has 7 nitrogen and oxygen atoms in total. The predicted octanol–water partition coefficient (Wildman–Crippen LogP) is 3.35. The lowest BCUT2D eigenvalue weighted by molar-refractivity contribution is -0.122. The molecule has 0 saturated carbocycles. The Hall–Kier alpha value is -3.04. The molecular formula is C20H16N2O5S2. The minimum atomic E-state index is -0.274. The summed E-state index contributed by atoms with van der Waals surface area (Å²) in [6.07, 6.45) is 1.83. The summed E-state index contributed by atoms with van der Waals surface area (Å²) in [6.45, 7) is 0.360. The number of nitrogens with one attached hydrogen (secondary N) is 1. The van der Waals surface area contributed by atoms with Crippen LogP contribution in [0.3, 0.4) is 0 Å². The fourth-order valence-electron chi connectivity index (χ4n) is 2.87. The van der Waals surface area contributed by atoms with Gasteiger partial charge < -0.3 is 19.9 Å². The van der Waals surface area contributed by atoms with Gasteiger partial charge in [-0.3, -0.25) is 14.5 Å². The third kappa shape index (κ3) is 4.36. The van der Waals surface area contributed by atoms with Crippen LogP contribution >= 0.6 is 24.0 Å². The van der Waals surface area contributed by atoms with Crippen molar-refractivity contribution in [2.75, 3.05) is 18.7 Å². The molecule has 0 bridgehead atoms. The van der Waals surface area contributed by atoms with E-state index in [1.165, 1.54) is 28.8 Å². The monoisotopic (exact) mass is 428 g/mol. The number of hydrogen-bond donors (Lipinski definition) is 2. The summed E-state index contributed by atoms with van der Waals surface area (Å²) >= 11 is 6.51. The van der Waals surface area contributed by atoms with Gasteiger partial charge in [-0.25, -0.2) is 0 Å². The molecule has 4 rings (SSSR count). The number of ether oxygens (including phenoxy) is 2. The summed E-state index contributed by atoms with van der Waals surface area (Å²) in [6, 6.07) is 11.7. The van der Waals surface area contributed by atoms with Gasteiger partial charge in [-0.1, -0.05) is 36.1 Å². The number of thioether (sulfide) groups is 1. The number of fused-ring (bicyclic) bond motifs is 1. The average molecular weight is 428 g/mol. The van der Waals surface area contributed by atoms with Crippen LogP contribution in [0.1, 0.15) is 12.0 Å². The van der Waals surface area contributed by atoms with E-state index in [4.69, 9.17) is 21.7 Å². The molecule has 148 valence electrons. The van der Waals surface area contributed by atoms with E-state index in [2.05, 4.69) is 5.32 Å². The highest BCUT2D eigenvalue weighted by Gasteiger charge is 2.32. The first-order valence-corrected chi connectivity index (χ1v) is 9.96. The van der Waals surface area contributed by atoms with Crippen molar-refractivity contribution in [3.63, 3.8) is 0 Å². The van der Waals surface area contributed by atoms with Gasteiger partial charge >= 0.3 is 0 Å². The van der Waals surface area contributed by atoms with E-state index in [9.17, 15) is 14.7 Å². The van der Waals surface area contributed by atoms with E-state index in [1.54, 1.807) is 30.3 Å². The molecule has 2 aliphatic rings. The summed E-state index contributed by atoms with van der Waals surface area (Å²) in [5.41, 5.74) is 1.29. The van der Waals surface area contributed by atoms with Crippen LogP contribution in [0.25, 0.3) is 6.08 Å². The molecule has 2 amide bonds. The number of rotatable bonds is 5. The number of carbonyl (C=O) groups excluding carboxylic acids is 2. The van der Waals surface area contributed by atoms with Crippen LogP contribution in [-0.4, -0.2) is 39.5 Å². The van der Waals surface area contributed by atoms with Gasteiger partial charge in [-0.15, -0.1) is 0 Å². The Morgan fingerprint density at radius 1 is 1.24 bits per heavy atom. The molecule has 0 unspecified atom stereocenters. The van der Waals surface area contributed by atoms with Gasteiger partial charge in [0.1, 0.15) is 10.1 Å². The first-order valence-electron chi connectivity index (χ1n) is 8.73. The highest BCUT2D eigenvalue weighted by atomic mass is 32.2. The van der Waals surface area contributed by atoms with Crippen molar-refractivity contribution < 1.29 is 24.2 Å². The maximum absolute atomic E-state index is 12.7. The molecule has 0 aliphatic carbocycles. The van der Waals surface area contributed by atoms with Crippen LogP contribution in [0.4, 0.5) is 5.69 Å². The molecule has 9 heteroatoms. The fourth-order valence-corrected chi connectivity index (χ4v) is 4.18. The van der Waals surface area contributed by atoms with Crippen molar-refractivity contribution in [3.8, 4) is 17.2 Å². The van der Waals surface area contributed by atoms with Crippen molar-refractivity contribution in [2.45, 2.75) is 6.42 Å². The largest absolute Gasteiger partial charge is 0.508 e. The standard InChI is InChI=1S/C20H16N2O5S2/c23-14-3-1-2-13(10-14)21-18(24)6-7-22-19(25)17(29-20(22)28)9-12-4-5-15-16(8-12)27-11-26-15/h1-5,8-10,23H,6-7,11H2,(H,21,24)/b17-9-. The van der Waals surface area contributed by atoms with Crippen LogP contribution in [0.15, 0.2) is 47.4 Å². The first-order chi connectivity index (χ1) is 14.0. The van der Waals surface area contributed by atoms with E-state index in [0.717, 1.165) is 5.56 Å². The van der Waals surface area contributed by atoms with Crippen LogP contribution < -0.4 is 14.8 Å². The minimum Gasteiger partial charge on any atom is -0.508 e. The number of amides is 2. The van der Waals surface area contributed by atoms with Gasteiger partial charge in [-0.2, -0.15) is 0 Å². The zero-order valence-electron chi connectivity index (χ0n) is 15.1. The summed E-state index contributed by atoms with van der Waals surface area (Å²) in [4.78, 5) is 26.8. The highest BCUT2D eigenvalue weighted by molar-refractivity contribution is 8.26. The van der Waals surface area contributed by atoms with Gasteiger partial charge in [0, 0.05) is 24.7 Å². The van der Waals surface area contributed by atoms with Crippen LogP contribution in [0.5, 0.6) is 17.2 Å². The van der Waals surface area contributed by atoms with Gasteiger partial charge in [-0.05, 0) is 35.9 Å². The van der Waals surface area contributed by atoms with Crippen molar-refractivity contribution in [1.82, 2.24) is 4.90 Å². The van der Waals surface area contributed by atoms with E-state index >= 15 is 0 Å². The molecule has 2 N–H and O–H groups in total. The Morgan fingerprint density at radius 3 is 2.90 bits per heavy atom. The minimum absolute atomic E-state index is 0.0633. The SMILES string of the molecule is O=C(CCN1C(=O)/C(=C/c2ccc3c(c2)OCO3)SC1=S)Nc1cccc(O)c1. The maximum atomic E-state index is 12.7. The molecular weight excluding hydrogens is 412 g/mol. The summed E-state index contributed by atoms with van der Waals surface area (Å²) in [7, 11) is 0. The average Bonchev–Trinajstić information content (AvgIpc) is 3.24. The molecule has 0 atom stereocenters. The third-order valence-corrected chi connectivity index (χ3v) is 5.64. The van der Waals surface area contributed by atoms with Crippen LogP contribution in [-0.2, 0) is 9.59 Å². The fraction of sp³-hybridized carbons (Fsp3) is 0.150. The van der Waals surface area contributed by atoms with Gasteiger partial charge in [0.15, 0.2) is 11.5 Å². The summed E-state index contributed by atoms with van der Waals surface area (Å²) < 4.78 is 11.0. The number of benzene rings is 2. The quantitative estimate of drug-likeness (QED) is 0.558. The molecule has 2 aliphatic heterocycles. The Labute approximate surface area is 176 Å². The number of aromatic hydroxyl groups is 1. The van der Waals surface area contributed by atoms with Gasteiger partial charge in [0.05, 0.1) is 4.91 Å². The third-order valence-electron chi connectivity index (χ3n) is 4.26. The second-order valence-corrected chi connectivity index (χ2v) is 7.97. The molecule has 0 radical (unpaired) electrons. The van der Waals surface area contributed by atoms with E-state index < -0.39 is 0 Å². The van der Waals surface area contributed by atoms with Crippen molar-refractivity contribution in [2.24, 2.45) is 0 Å². The van der Waals surface area contributed by atoms with Crippen LogP contribution in [0, 0.1) is 0 Å². The molecule has 2 aromatic carbocycles. The topological polar surface area (TPSA) is 88.1 Å². The Kier molecular flexibility index (Phi) is 5.41. The second kappa shape index (κ2) is 8.14. The number of hydrogen-bond acceptors (Lipinski definition) is 7. The number of phenolic OH excluding ortho intramolecular Hbond substituents is 1. The zero-order valence-corrected chi connectivity index (χ0v) is 16.7. The number of phenols is 1. The Balaban J connectivity index is 1.38. The molecule has 0 aromatic heterocycles. The van der Waals surface area contributed by atoms with Crippen molar-refractivity contribution in [1.29, 1.82) is 0 Å². The summed E-state index contributed by atoms with van der Waals surface area (Å²) in [5.74, 6) is 0.867. The molecule has 2 aromatic rings. The lowest BCUT2D eigenvalue weighted by atomic mass is 10.2. The normalized spacial score (nSPS) is 16.6. The lowest BCUT2D eigenvalue weighted by Crippen LogP contribution is -2.31. The van der Waals surface area contributed by atoms with Crippen molar-refractivity contribution in [3.05, 3.63) is 52.9 Å². The van der Waals surface area contributed by atoms with Gasteiger partial charge in [0.25, 0.3) is 5.91 Å². The first kappa shape index (κ1) is 19.3. The predicted molar refractivity (Wildman–Crippen MR) is 114 cm³/mol. The summed E-state index contributed by atoms with van der Waals surface area (Å²) in [5, 5.41) is 12.1. The Bertz CT molecular complexity index is 1040.